The summed E-state index contributed by atoms with van der Waals surface area (Å²) < 4.78 is 21.8. The second-order valence-electron chi connectivity index (χ2n) is 4.41. The van der Waals surface area contributed by atoms with Crippen molar-refractivity contribution in [3.8, 4) is 5.75 Å². The van der Waals surface area contributed by atoms with Crippen LogP contribution in [-0.2, 0) is 13.3 Å². The monoisotopic (exact) mass is 270 g/mol. The molecule has 0 N–H and O–H groups in total. The van der Waals surface area contributed by atoms with Crippen molar-refractivity contribution >= 4 is 9.05 Å². The van der Waals surface area contributed by atoms with Gasteiger partial charge in [0, 0.05) is 21.3 Å². The molecule has 0 aromatic heterocycles. The van der Waals surface area contributed by atoms with Crippen molar-refractivity contribution in [1.82, 2.24) is 0 Å². The molecular weight excluding hydrogens is 248 g/mol. The topological polar surface area (TPSA) is 36.9 Å². The van der Waals surface area contributed by atoms with E-state index in [0.29, 0.717) is 5.92 Å². The fourth-order valence-corrected chi connectivity index (χ4v) is 2.91. The van der Waals surface area contributed by atoms with Crippen LogP contribution in [0.2, 0.25) is 0 Å². The Morgan fingerprint density at radius 1 is 1.00 bits per heavy atom. The van der Waals surface area contributed by atoms with E-state index in [2.05, 4.69) is 26.0 Å². The van der Waals surface area contributed by atoms with Gasteiger partial charge in [0.25, 0.3) is 0 Å². The Morgan fingerprint density at radius 3 is 2.00 bits per heavy atom. The van der Waals surface area contributed by atoms with E-state index in [1.165, 1.54) is 21.3 Å². The molecule has 0 aliphatic carbocycles. The van der Waals surface area contributed by atoms with Gasteiger partial charge in [-0.3, -0.25) is 0 Å². The molecule has 0 radical (unpaired) electrons. The van der Waals surface area contributed by atoms with Crippen molar-refractivity contribution in [3.05, 3.63) is 29.3 Å². The number of hydrogen-bond acceptors (Lipinski definition) is 4. The van der Waals surface area contributed by atoms with Crippen LogP contribution in [0.1, 0.15) is 30.9 Å². The van der Waals surface area contributed by atoms with Crippen molar-refractivity contribution < 1.29 is 17.7 Å². The van der Waals surface area contributed by atoms with Crippen LogP contribution in [-0.4, -0.2) is 30.4 Å². The molecule has 0 amide bonds. The van der Waals surface area contributed by atoms with Gasteiger partial charge in [-0.1, -0.05) is 26.0 Å². The van der Waals surface area contributed by atoms with E-state index in [1.54, 1.807) is 0 Å². The first-order valence-electron chi connectivity index (χ1n) is 5.93. The lowest BCUT2D eigenvalue weighted by atomic mass is 10.0. The van der Waals surface area contributed by atoms with E-state index < -0.39 is 9.05 Å². The van der Waals surface area contributed by atoms with Crippen LogP contribution >= 0.6 is 0 Å². The molecule has 0 aliphatic heterocycles. The highest BCUT2D eigenvalue weighted by Gasteiger charge is 2.45. The minimum Gasteiger partial charge on any atom is -0.480 e. The smallest absolute Gasteiger partial charge is 0.480 e. The number of rotatable bonds is 6. The average molecular weight is 270 g/mol. The van der Waals surface area contributed by atoms with Crippen molar-refractivity contribution in [2.75, 3.05) is 21.3 Å². The molecule has 1 rings (SSSR count). The van der Waals surface area contributed by atoms with Crippen LogP contribution in [0, 0.1) is 6.92 Å². The van der Waals surface area contributed by atoms with Gasteiger partial charge in [-0.05, 0) is 30.0 Å². The van der Waals surface area contributed by atoms with Crippen LogP contribution in [0.3, 0.4) is 0 Å². The number of aryl methyl sites for hydroxylation is 1. The minimum absolute atomic E-state index is 0.359. The second-order valence-corrected chi connectivity index (χ2v) is 6.84. The van der Waals surface area contributed by atoms with Gasteiger partial charge < -0.3 is 17.7 Å². The molecule has 18 heavy (non-hydrogen) atoms. The van der Waals surface area contributed by atoms with E-state index in [9.17, 15) is 0 Å². The fourth-order valence-electron chi connectivity index (χ4n) is 1.72. The third kappa shape index (κ3) is 3.32. The molecule has 0 atom stereocenters. The molecule has 5 heteroatoms. The van der Waals surface area contributed by atoms with Crippen LogP contribution in [0.25, 0.3) is 0 Å². The molecule has 0 aliphatic rings. The first-order valence-corrected chi connectivity index (χ1v) is 7.56. The van der Waals surface area contributed by atoms with Gasteiger partial charge in [-0.25, -0.2) is 0 Å². The maximum atomic E-state index is 5.90. The maximum Gasteiger partial charge on any atom is 0.748 e. The van der Waals surface area contributed by atoms with Gasteiger partial charge in [0.15, 0.2) is 0 Å². The lowest BCUT2D eigenvalue weighted by Crippen LogP contribution is -2.49. The molecule has 0 heterocycles. The van der Waals surface area contributed by atoms with Crippen molar-refractivity contribution in [2.24, 2.45) is 0 Å². The molecule has 0 fully saturated rings. The fraction of sp³-hybridized carbons (Fsp3) is 0.538. The Labute approximate surface area is 110 Å². The van der Waals surface area contributed by atoms with Crippen LogP contribution < -0.4 is 4.43 Å². The quantitative estimate of drug-likeness (QED) is 0.745. The van der Waals surface area contributed by atoms with E-state index in [0.717, 1.165) is 16.9 Å². The number of hydrogen-bond donors (Lipinski definition) is 0. The molecule has 0 bridgehead atoms. The summed E-state index contributed by atoms with van der Waals surface area (Å²) in [6.45, 7) is 6.26. The van der Waals surface area contributed by atoms with Crippen LogP contribution in [0.4, 0.5) is 0 Å². The lowest BCUT2D eigenvalue weighted by molar-refractivity contribution is 0.0506. The SMILES string of the molecule is CO[Si](OC)(OC)Oc1cc(C)ccc1C(C)C. The highest BCUT2D eigenvalue weighted by Crippen LogP contribution is 2.29. The third-order valence-electron chi connectivity index (χ3n) is 2.78. The van der Waals surface area contributed by atoms with Crippen LogP contribution in [0.15, 0.2) is 18.2 Å². The summed E-state index contributed by atoms with van der Waals surface area (Å²) in [5.41, 5.74) is 2.24. The average Bonchev–Trinajstić information content (AvgIpc) is 2.36. The van der Waals surface area contributed by atoms with Crippen molar-refractivity contribution in [3.63, 3.8) is 0 Å². The van der Waals surface area contributed by atoms with Crippen molar-refractivity contribution in [2.45, 2.75) is 26.7 Å². The normalized spacial score (nSPS) is 11.9. The van der Waals surface area contributed by atoms with E-state index >= 15 is 0 Å². The molecule has 0 spiro atoms. The van der Waals surface area contributed by atoms with E-state index in [-0.39, 0.29) is 0 Å². The summed E-state index contributed by atoms with van der Waals surface area (Å²) in [7, 11) is 1.54. The molecule has 0 saturated heterocycles. The largest absolute Gasteiger partial charge is 0.748 e. The van der Waals surface area contributed by atoms with Gasteiger partial charge in [0.2, 0.25) is 0 Å². The van der Waals surface area contributed by atoms with Gasteiger partial charge >= 0.3 is 9.05 Å². The van der Waals surface area contributed by atoms with Gasteiger partial charge in [0.1, 0.15) is 5.75 Å². The third-order valence-corrected chi connectivity index (χ3v) is 4.75. The van der Waals surface area contributed by atoms with Crippen molar-refractivity contribution in [1.29, 1.82) is 0 Å². The molecule has 102 valence electrons. The molecule has 1 aromatic rings. The molecule has 4 nitrogen and oxygen atoms in total. The van der Waals surface area contributed by atoms with Gasteiger partial charge in [0.05, 0.1) is 0 Å². The first-order chi connectivity index (χ1) is 8.48. The zero-order chi connectivity index (χ0) is 13.8. The first kappa shape index (κ1) is 15.2. The molecule has 1 aromatic carbocycles. The Morgan fingerprint density at radius 2 is 1.56 bits per heavy atom. The van der Waals surface area contributed by atoms with Crippen LogP contribution in [0.5, 0.6) is 5.75 Å². The second kappa shape index (κ2) is 6.33. The summed E-state index contributed by atoms with van der Waals surface area (Å²) >= 11 is 0. The zero-order valence-electron chi connectivity index (χ0n) is 11.9. The standard InChI is InChI=1S/C13H22O4Si/c1-10(2)12-8-7-11(3)9-13(12)17-18(14-4,15-5)16-6/h7-10H,1-6H3. The predicted molar refractivity (Wildman–Crippen MR) is 72.7 cm³/mol. The van der Waals surface area contributed by atoms with Gasteiger partial charge in [-0.2, -0.15) is 0 Å². The molecule has 0 saturated carbocycles. The minimum atomic E-state index is -3.06. The summed E-state index contributed by atoms with van der Waals surface area (Å²) in [5.74, 6) is 1.13. The Hall–Kier alpha value is -0.883. The van der Waals surface area contributed by atoms with Gasteiger partial charge in [-0.15, -0.1) is 0 Å². The van der Waals surface area contributed by atoms with E-state index in [1.807, 2.05) is 13.0 Å². The summed E-state index contributed by atoms with van der Waals surface area (Å²) in [6, 6.07) is 6.11. The zero-order valence-corrected chi connectivity index (χ0v) is 12.9. The molecule has 0 unspecified atom stereocenters. The lowest BCUT2D eigenvalue weighted by Gasteiger charge is -2.25. The summed E-state index contributed by atoms with van der Waals surface area (Å²) in [5, 5.41) is 0. The Kier molecular flexibility index (Phi) is 5.34. The molecular formula is C13H22O4Si. The summed E-state index contributed by atoms with van der Waals surface area (Å²) in [4.78, 5) is 0. The summed E-state index contributed by atoms with van der Waals surface area (Å²) in [6.07, 6.45) is 0. The highest BCUT2D eigenvalue weighted by molar-refractivity contribution is 6.54. The Bertz CT molecular complexity index is 380. The predicted octanol–water partition coefficient (Wildman–Crippen LogP) is 2.87. The maximum absolute atomic E-state index is 5.90. The Balaban J connectivity index is 3.12. The van der Waals surface area contributed by atoms with E-state index in [4.69, 9.17) is 17.7 Å². The number of benzene rings is 1. The highest BCUT2D eigenvalue weighted by atomic mass is 28.4.